The Morgan fingerprint density at radius 3 is 2.12 bits per heavy atom. The smallest absolute Gasteiger partial charge is 0.342 e. The van der Waals surface area contributed by atoms with Gasteiger partial charge in [-0.25, -0.2) is 0 Å². The van der Waals surface area contributed by atoms with Gasteiger partial charge < -0.3 is 10.2 Å². The van der Waals surface area contributed by atoms with E-state index in [1.54, 1.807) is 4.90 Å². The lowest BCUT2D eigenvalue weighted by molar-refractivity contribution is -0.146. The van der Waals surface area contributed by atoms with E-state index in [1.807, 2.05) is 13.8 Å². The molecule has 0 aliphatic carbocycles. The summed E-state index contributed by atoms with van der Waals surface area (Å²) in [5, 5.41) is 1.94. The van der Waals surface area contributed by atoms with Crippen molar-refractivity contribution >= 4 is 29.1 Å². The van der Waals surface area contributed by atoms with Crippen molar-refractivity contribution < 1.29 is 22.8 Å². The van der Waals surface area contributed by atoms with Crippen molar-refractivity contribution in [3.05, 3.63) is 28.8 Å². The summed E-state index contributed by atoms with van der Waals surface area (Å²) in [5.74, 6) is -1.03. The highest BCUT2D eigenvalue weighted by Crippen LogP contribution is 2.36. The second-order valence-electron chi connectivity index (χ2n) is 6.56. The Hall–Kier alpha value is -1.76. The zero-order chi connectivity index (χ0) is 20.1. The number of rotatable bonds is 7. The molecule has 1 rings (SSSR count). The highest BCUT2D eigenvalue weighted by Gasteiger charge is 2.39. The van der Waals surface area contributed by atoms with Gasteiger partial charge in [-0.15, -0.1) is 0 Å². The summed E-state index contributed by atoms with van der Waals surface area (Å²) in [6.45, 7) is 7.81. The molecule has 0 saturated heterocycles. The van der Waals surface area contributed by atoms with Crippen molar-refractivity contribution in [1.82, 2.24) is 4.90 Å². The fourth-order valence-electron chi connectivity index (χ4n) is 2.45. The molecule has 0 bridgehead atoms. The molecule has 0 unspecified atom stereocenters. The summed E-state index contributed by atoms with van der Waals surface area (Å²) in [6.07, 6.45) is -3.15. The minimum Gasteiger partial charge on any atom is -0.342 e. The molecule has 2 amide bonds. The van der Waals surface area contributed by atoms with Gasteiger partial charge in [0, 0.05) is 18.8 Å². The molecular formula is C18H24ClF3N2O2. The Bertz CT molecular complexity index is 654. The molecule has 26 heavy (non-hydrogen) atoms. The van der Waals surface area contributed by atoms with Crippen LogP contribution in [0.1, 0.15) is 46.1 Å². The van der Waals surface area contributed by atoms with Crippen LogP contribution in [-0.4, -0.2) is 29.8 Å². The second-order valence-corrected chi connectivity index (χ2v) is 6.97. The summed E-state index contributed by atoms with van der Waals surface area (Å²) < 4.78 is 38.8. The van der Waals surface area contributed by atoms with Gasteiger partial charge in [0.1, 0.15) is 5.41 Å². The first-order chi connectivity index (χ1) is 11.9. The largest absolute Gasteiger partial charge is 0.417 e. The molecule has 0 aliphatic heterocycles. The van der Waals surface area contributed by atoms with Crippen molar-refractivity contribution in [3.63, 3.8) is 0 Å². The van der Waals surface area contributed by atoms with E-state index in [2.05, 4.69) is 5.32 Å². The van der Waals surface area contributed by atoms with Crippen molar-refractivity contribution in [2.45, 2.75) is 46.7 Å². The van der Waals surface area contributed by atoms with Gasteiger partial charge in [-0.1, -0.05) is 25.4 Å². The average molecular weight is 393 g/mol. The molecule has 0 saturated carbocycles. The number of amides is 2. The first-order valence-electron chi connectivity index (χ1n) is 8.42. The van der Waals surface area contributed by atoms with Crippen molar-refractivity contribution in [2.24, 2.45) is 5.41 Å². The third-order valence-corrected chi connectivity index (χ3v) is 4.24. The standard InChI is InChI=1S/C18H24ClF3N2O2/c1-5-9-24(10-6-2)16(26)17(3,4)15(25)23-12-7-8-14(19)13(11-12)18(20,21)22/h7-8,11H,5-6,9-10H2,1-4H3,(H,23,25). The van der Waals surface area contributed by atoms with Crippen molar-refractivity contribution in [3.8, 4) is 0 Å². The molecule has 0 aromatic heterocycles. The molecule has 0 spiro atoms. The Kier molecular flexibility index (Phi) is 7.50. The van der Waals surface area contributed by atoms with Gasteiger partial charge in [-0.2, -0.15) is 13.2 Å². The van der Waals surface area contributed by atoms with Crippen LogP contribution >= 0.6 is 11.6 Å². The maximum atomic E-state index is 12.9. The number of hydrogen-bond donors (Lipinski definition) is 1. The first-order valence-corrected chi connectivity index (χ1v) is 8.80. The summed E-state index contributed by atoms with van der Waals surface area (Å²) >= 11 is 5.58. The normalized spacial score (nSPS) is 12.0. The van der Waals surface area contributed by atoms with Gasteiger partial charge in [0.2, 0.25) is 11.8 Å². The summed E-state index contributed by atoms with van der Waals surface area (Å²) in [7, 11) is 0. The summed E-state index contributed by atoms with van der Waals surface area (Å²) in [5.41, 5.74) is -2.52. The van der Waals surface area contributed by atoms with Crippen LogP contribution in [0, 0.1) is 5.41 Å². The topological polar surface area (TPSA) is 49.4 Å². The molecule has 1 aromatic carbocycles. The zero-order valence-electron chi connectivity index (χ0n) is 15.3. The van der Waals surface area contributed by atoms with Gasteiger partial charge in [-0.05, 0) is 44.9 Å². The average Bonchev–Trinajstić information content (AvgIpc) is 2.54. The van der Waals surface area contributed by atoms with Crippen LogP contribution in [0.4, 0.5) is 18.9 Å². The predicted octanol–water partition coefficient (Wildman–Crippen LogP) is 4.97. The lowest BCUT2D eigenvalue weighted by atomic mass is 9.89. The van der Waals surface area contributed by atoms with E-state index in [-0.39, 0.29) is 11.6 Å². The van der Waals surface area contributed by atoms with Gasteiger partial charge in [0.25, 0.3) is 0 Å². The molecule has 8 heteroatoms. The van der Waals surface area contributed by atoms with Crippen LogP contribution in [0.5, 0.6) is 0 Å². The minimum absolute atomic E-state index is 0.0647. The van der Waals surface area contributed by atoms with E-state index < -0.39 is 28.1 Å². The zero-order valence-corrected chi connectivity index (χ0v) is 16.1. The SMILES string of the molecule is CCCN(CCC)C(=O)C(C)(C)C(=O)Nc1ccc(Cl)c(C(F)(F)F)c1. The summed E-state index contributed by atoms with van der Waals surface area (Å²) in [6, 6.07) is 3.10. The molecule has 1 N–H and O–H groups in total. The number of alkyl halides is 3. The van der Waals surface area contributed by atoms with E-state index in [4.69, 9.17) is 11.6 Å². The number of anilines is 1. The lowest BCUT2D eigenvalue weighted by Crippen LogP contribution is -2.47. The molecule has 0 heterocycles. The van der Waals surface area contributed by atoms with Gasteiger partial charge in [0.15, 0.2) is 0 Å². The summed E-state index contributed by atoms with van der Waals surface area (Å²) in [4.78, 5) is 26.9. The third kappa shape index (κ3) is 5.37. The number of carbonyl (C=O) groups is 2. The number of nitrogens with zero attached hydrogens (tertiary/aromatic N) is 1. The molecule has 4 nitrogen and oxygen atoms in total. The maximum absolute atomic E-state index is 12.9. The fraction of sp³-hybridized carbons (Fsp3) is 0.556. The molecule has 1 aromatic rings. The van der Waals surface area contributed by atoms with E-state index in [0.717, 1.165) is 25.0 Å². The van der Waals surface area contributed by atoms with E-state index >= 15 is 0 Å². The van der Waals surface area contributed by atoms with E-state index in [0.29, 0.717) is 13.1 Å². The van der Waals surface area contributed by atoms with Crippen molar-refractivity contribution in [1.29, 1.82) is 0 Å². The Morgan fingerprint density at radius 2 is 1.65 bits per heavy atom. The van der Waals surface area contributed by atoms with Crippen LogP contribution in [0.3, 0.4) is 0 Å². The Labute approximate surface area is 156 Å². The number of carbonyl (C=O) groups excluding carboxylic acids is 2. The van der Waals surface area contributed by atoms with Crippen molar-refractivity contribution in [2.75, 3.05) is 18.4 Å². The Balaban J connectivity index is 3.03. The lowest BCUT2D eigenvalue weighted by Gasteiger charge is -2.31. The molecule has 0 atom stereocenters. The first kappa shape index (κ1) is 22.3. The molecular weight excluding hydrogens is 369 g/mol. The molecule has 146 valence electrons. The van der Waals surface area contributed by atoms with Gasteiger partial charge in [0.05, 0.1) is 10.6 Å². The highest BCUT2D eigenvalue weighted by atomic mass is 35.5. The van der Waals surface area contributed by atoms with Gasteiger partial charge >= 0.3 is 6.18 Å². The number of halogens is 4. The van der Waals surface area contributed by atoms with Gasteiger partial charge in [-0.3, -0.25) is 9.59 Å². The molecule has 0 aliphatic rings. The van der Waals surface area contributed by atoms with Crippen LogP contribution < -0.4 is 5.32 Å². The maximum Gasteiger partial charge on any atom is 0.417 e. The quantitative estimate of drug-likeness (QED) is 0.666. The number of hydrogen-bond acceptors (Lipinski definition) is 2. The number of nitrogens with one attached hydrogen (secondary N) is 1. The second kappa shape index (κ2) is 8.75. The van der Waals surface area contributed by atoms with Crippen LogP contribution in [0.15, 0.2) is 18.2 Å². The molecule has 0 radical (unpaired) electrons. The molecule has 0 fully saturated rings. The Morgan fingerprint density at radius 1 is 1.12 bits per heavy atom. The highest BCUT2D eigenvalue weighted by molar-refractivity contribution is 6.31. The number of benzene rings is 1. The van der Waals surface area contributed by atoms with Crippen LogP contribution in [-0.2, 0) is 15.8 Å². The van der Waals surface area contributed by atoms with Crippen LogP contribution in [0.2, 0.25) is 5.02 Å². The van der Waals surface area contributed by atoms with Crippen LogP contribution in [0.25, 0.3) is 0 Å². The predicted molar refractivity (Wildman–Crippen MR) is 96.0 cm³/mol. The van der Waals surface area contributed by atoms with E-state index in [1.165, 1.54) is 19.9 Å². The third-order valence-electron chi connectivity index (χ3n) is 3.91. The fourth-order valence-corrected chi connectivity index (χ4v) is 2.68. The minimum atomic E-state index is -4.64. The van der Waals surface area contributed by atoms with E-state index in [9.17, 15) is 22.8 Å². The monoisotopic (exact) mass is 392 g/mol.